The lowest BCUT2D eigenvalue weighted by molar-refractivity contribution is -0.134. The van der Waals surface area contributed by atoms with Crippen LogP contribution in [0.2, 0.25) is 0 Å². The van der Waals surface area contributed by atoms with E-state index >= 15 is 0 Å². The minimum Gasteiger partial charge on any atom is -0.394 e. The zero-order valence-corrected chi connectivity index (χ0v) is 17.0. The first-order chi connectivity index (χ1) is 13.6. The SMILES string of the molecule is CC(=O)NC(CC(C)C)C(=O)NC(CO)C(=O)NC(Cc1ccccc1)C(N)=O. The van der Waals surface area contributed by atoms with Crippen LogP contribution in [0.25, 0.3) is 0 Å². The first-order valence-corrected chi connectivity index (χ1v) is 9.46. The predicted molar refractivity (Wildman–Crippen MR) is 107 cm³/mol. The van der Waals surface area contributed by atoms with E-state index in [1.165, 1.54) is 6.92 Å². The summed E-state index contributed by atoms with van der Waals surface area (Å²) in [5.74, 6) is -2.34. The van der Waals surface area contributed by atoms with Crippen molar-refractivity contribution in [1.29, 1.82) is 0 Å². The van der Waals surface area contributed by atoms with Gasteiger partial charge in [-0.05, 0) is 17.9 Å². The normalized spacial score (nSPS) is 13.8. The number of nitrogens with two attached hydrogens (primary N) is 1. The lowest BCUT2D eigenvalue weighted by Crippen LogP contribution is -2.57. The van der Waals surface area contributed by atoms with Gasteiger partial charge in [-0.2, -0.15) is 0 Å². The monoisotopic (exact) mass is 406 g/mol. The fourth-order valence-electron chi connectivity index (χ4n) is 2.76. The summed E-state index contributed by atoms with van der Waals surface area (Å²) in [5, 5.41) is 17.0. The number of carbonyl (C=O) groups is 4. The second-order valence-corrected chi connectivity index (χ2v) is 7.28. The third kappa shape index (κ3) is 8.73. The van der Waals surface area contributed by atoms with Gasteiger partial charge in [0.05, 0.1) is 6.61 Å². The minimum absolute atomic E-state index is 0.115. The van der Waals surface area contributed by atoms with Crippen LogP contribution in [0.1, 0.15) is 32.8 Å². The molecular weight excluding hydrogens is 376 g/mol. The Hall–Kier alpha value is -2.94. The van der Waals surface area contributed by atoms with Crippen LogP contribution in [0.4, 0.5) is 0 Å². The van der Waals surface area contributed by atoms with Gasteiger partial charge in [-0.15, -0.1) is 0 Å². The van der Waals surface area contributed by atoms with Crippen LogP contribution in [0.15, 0.2) is 30.3 Å². The van der Waals surface area contributed by atoms with Gasteiger partial charge in [-0.1, -0.05) is 44.2 Å². The molecule has 1 rings (SSSR count). The van der Waals surface area contributed by atoms with Crippen molar-refractivity contribution in [3.8, 4) is 0 Å². The maximum atomic E-state index is 12.5. The number of rotatable bonds is 11. The van der Waals surface area contributed by atoms with Gasteiger partial charge in [-0.3, -0.25) is 19.2 Å². The number of hydrogen-bond donors (Lipinski definition) is 5. The first-order valence-electron chi connectivity index (χ1n) is 9.46. The van der Waals surface area contributed by atoms with E-state index < -0.39 is 42.5 Å². The minimum atomic E-state index is -1.29. The van der Waals surface area contributed by atoms with Crippen LogP contribution < -0.4 is 21.7 Å². The van der Waals surface area contributed by atoms with Gasteiger partial charge >= 0.3 is 0 Å². The molecule has 0 saturated carbocycles. The van der Waals surface area contributed by atoms with E-state index in [1.807, 2.05) is 19.9 Å². The summed E-state index contributed by atoms with van der Waals surface area (Å²) in [6.07, 6.45) is 0.541. The summed E-state index contributed by atoms with van der Waals surface area (Å²) in [5.41, 5.74) is 6.18. The third-order valence-corrected chi connectivity index (χ3v) is 4.16. The summed E-state index contributed by atoms with van der Waals surface area (Å²) in [7, 11) is 0. The summed E-state index contributed by atoms with van der Waals surface area (Å²) in [6.45, 7) is 4.39. The zero-order valence-electron chi connectivity index (χ0n) is 17.0. The first kappa shape index (κ1) is 24.1. The van der Waals surface area contributed by atoms with Crippen LogP contribution in [-0.2, 0) is 25.6 Å². The zero-order chi connectivity index (χ0) is 22.0. The van der Waals surface area contributed by atoms with Gasteiger partial charge in [0.2, 0.25) is 23.6 Å². The number of aliphatic hydroxyl groups excluding tert-OH is 1. The molecule has 0 saturated heterocycles. The van der Waals surface area contributed by atoms with E-state index in [2.05, 4.69) is 16.0 Å². The summed E-state index contributed by atoms with van der Waals surface area (Å²) < 4.78 is 0. The molecule has 0 radical (unpaired) electrons. The fraction of sp³-hybridized carbons (Fsp3) is 0.500. The molecule has 0 fully saturated rings. The Balaban J connectivity index is 2.80. The predicted octanol–water partition coefficient (Wildman–Crippen LogP) is -0.773. The Kier molecular flexibility index (Phi) is 9.81. The molecule has 9 nitrogen and oxygen atoms in total. The van der Waals surface area contributed by atoms with Crippen LogP contribution >= 0.6 is 0 Å². The highest BCUT2D eigenvalue weighted by atomic mass is 16.3. The topological polar surface area (TPSA) is 151 Å². The second-order valence-electron chi connectivity index (χ2n) is 7.28. The van der Waals surface area contributed by atoms with E-state index in [9.17, 15) is 24.3 Å². The van der Waals surface area contributed by atoms with Crippen LogP contribution in [0, 0.1) is 5.92 Å². The molecule has 0 aliphatic heterocycles. The Morgan fingerprint density at radius 3 is 1.97 bits per heavy atom. The van der Waals surface area contributed by atoms with Gasteiger partial charge in [0.25, 0.3) is 0 Å². The molecule has 0 spiro atoms. The fourth-order valence-corrected chi connectivity index (χ4v) is 2.76. The molecule has 0 aliphatic rings. The Labute approximate surface area is 170 Å². The smallest absolute Gasteiger partial charge is 0.245 e. The average molecular weight is 406 g/mol. The van der Waals surface area contributed by atoms with E-state index in [1.54, 1.807) is 24.3 Å². The molecule has 3 atom stereocenters. The maximum Gasteiger partial charge on any atom is 0.245 e. The van der Waals surface area contributed by atoms with Crippen molar-refractivity contribution >= 4 is 23.6 Å². The molecule has 160 valence electrons. The number of amides is 4. The van der Waals surface area contributed by atoms with Crippen LogP contribution in [-0.4, -0.2) is 53.5 Å². The Morgan fingerprint density at radius 2 is 1.48 bits per heavy atom. The molecule has 6 N–H and O–H groups in total. The van der Waals surface area contributed by atoms with Crippen molar-refractivity contribution in [2.75, 3.05) is 6.61 Å². The molecular formula is C20H30N4O5. The lowest BCUT2D eigenvalue weighted by atomic mass is 10.0. The molecule has 0 bridgehead atoms. The van der Waals surface area contributed by atoms with E-state index in [0.717, 1.165) is 5.56 Å². The highest BCUT2D eigenvalue weighted by Crippen LogP contribution is 2.06. The number of benzene rings is 1. The second kappa shape index (κ2) is 11.8. The summed E-state index contributed by atoms with van der Waals surface area (Å²) in [6, 6.07) is 5.86. The highest BCUT2D eigenvalue weighted by molar-refractivity contribution is 5.93. The van der Waals surface area contributed by atoms with Crippen LogP contribution in [0.5, 0.6) is 0 Å². The molecule has 0 aromatic heterocycles. The molecule has 29 heavy (non-hydrogen) atoms. The molecule has 9 heteroatoms. The molecule has 0 heterocycles. The number of hydrogen-bond acceptors (Lipinski definition) is 5. The number of primary amides is 1. The lowest BCUT2D eigenvalue weighted by Gasteiger charge is -2.24. The Bertz CT molecular complexity index is 708. The van der Waals surface area contributed by atoms with Crippen molar-refractivity contribution in [3.63, 3.8) is 0 Å². The molecule has 0 aliphatic carbocycles. The largest absolute Gasteiger partial charge is 0.394 e. The molecule has 3 unspecified atom stereocenters. The van der Waals surface area contributed by atoms with Crippen molar-refractivity contribution in [3.05, 3.63) is 35.9 Å². The maximum absolute atomic E-state index is 12.5. The number of nitrogens with one attached hydrogen (secondary N) is 3. The van der Waals surface area contributed by atoms with Gasteiger partial charge in [0, 0.05) is 13.3 Å². The van der Waals surface area contributed by atoms with Gasteiger partial charge in [0.15, 0.2) is 0 Å². The standard InChI is InChI=1S/C20H30N4O5/c1-12(2)9-16(22-13(3)26)19(28)24-17(11-25)20(29)23-15(18(21)27)10-14-7-5-4-6-8-14/h4-8,12,15-17,25H,9-11H2,1-3H3,(H2,21,27)(H,22,26)(H,23,29)(H,24,28). The highest BCUT2D eigenvalue weighted by Gasteiger charge is 2.28. The van der Waals surface area contributed by atoms with Crippen LogP contribution in [0.3, 0.4) is 0 Å². The molecule has 1 aromatic rings. The quantitative estimate of drug-likeness (QED) is 0.327. The van der Waals surface area contributed by atoms with Crippen molar-refractivity contribution in [1.82, 2.24) is 16.0 Å². The van der Waals surface area contributed by atoms with Gasteiger partial charge in [0.1, 0.15) is 18.1 Å². The Morgan fingerprint density at radius 1 is 0.931 bits per heavy atom. The van der Waals surface area contributed by atoms with Gasteiger partial charge in [-0.25, -0.2) is 0 Å². The van der Waals surface area contributed by atoms with Gasteiger partial charge < -0.3 is 26.8 Å². The molecule has 4 amide bonds. The van der Waals surface area contributed by atoms with E-state index in [4.69, 9.17) is 5.73 Å². The average Bonchev–Trinajstić information content (AvgIpc) is 2.64. The van der Waals surface area contributed by atoms with E-state index in [-0.39, 0.29) is 18.2 Å². The summed E-state index contributed by atoms with van der Waals surface area (Å²) >= 11 is 0. The van der Waals surface area contributed by atoms with Crippen molar-refractivity contribution in [2.45, 2.75) is 51.7 Å². The van der Waals surface area contributed by atoms with E-state index in [0.29, 0.717) is 6.42 Å². The number of aliphatic hydroxyl groups is 1. The summed E-state index contributed by atoms with van der Waals surface area (Å²) in [4.78, 5) is 48.1. The number of carbonyl (C=O) groups excluding carboxylic acids is 4. The van der Waals surface area contributed by atoms with Crippen molar-refractivity contribution in [2.24, 2.45) is 11.7 Å². The molecule has 1 aromatic carbocycles. The third-order valence-electron chi connectivity index (χ3n) is 4.16. The van der Waals surface area contributed by atoms with Crippen molar-refractivity contribution < 1.29 is 24.3 Å².